The number of aromatic hydroxyl groups is 1. The summed E-state index contributed by atoms with van der Waals surface area (Å²) in [6.45, 7) is 0. The maximum Gasteiger partial charge on any atom is 0.182 e. The van der Waals surface area contributed by atoms with Crippen molar-refractivity contribution in [3.8, 4) is 22.6 Å². The Hall–Kier alpha value is -3.61. The van der Waals surface area contributed by atoms with E-state index in [4.69, 9.17) is 9.15 Å². The fourth-order valence-corrected chi connectivity index (χ4v) is 2.59. The van der Waals surface area contributed by atoms with Crippen LogP contribution in [-0.2, 0) is 0 Å². The number of oxazole rings is 1. The molecule has 0 aliphatic carbocycles. The van der Waals surface area contributed by atoms with E-state index in [2.05, 4.69) is 20.3 Å². The maximum atomic E-state index is 9.77. The summed E-state index contributed by atoms with van der Waals surface area (Å²) in [6, 6.07) is 11.1. The molecule has 2 heterocycles. The van der Waals surface area contributed by atoms with E-state index in [1.807, 2.05) is 24.3 Å². The zero-order chi connectivity index (χ0) is 17.2. The molecule has 4 rings (SSSR count). The molecule has 2 aromatic carbocycles. The molecule has 0 fully saturated rings. The number of phenols is 1. The lowest BCUT2D eigenvalue weighted by molar-refractivity contribution is 0.373. The minimum absolute atomic E-state index is 0.101. The summed E-state index contributed by atoms with van der Waals surface area (Å²) in [5.41, 5.74) is 2.66. The number of hydrogen-bond acceptors (Lipinski definition) is 7. The number of aromatic nitrogens is 3. The lowest BCUT2D eigenvalue weighted by Crippen LogP contribution is -1.96. The molecule has 0 bridgehead atoms. The van der Waals surface area contributed by atoms with Gasteiger partial charge in [0.2, 0.25) is 0 Å². The SMILES string of the molecule is COc1cc(-c2ccc3ncnc(Nc4cocn4)c3c2)ccc1O. The molecule has 0 amide bonds. The van der Waals surface area contributed by atoms with Gasteiger partial charge in [-0.05, 0) is 35.4 Å². The molecule has 4 aromatic rings. The molecule has 0 atom stereocenters. The van der Waals surface area contributed by atoms with Gasteiger partial charge in [-0.1, -0.05) is 12.1 Å². The molecular formula is C18H14N4O3. The lowest BCUT2D eigenvalue weighted by atomic mass is 10.0. The van der Waals surface area contributed by atoms with E-state index in [1.54, 1.807) is 12.1 Å². The second kappa shape index (κ2) is 6.12. The molecule has 0 radical (unpaired) electrons. The Bertz CT molecular complexity index is 1030. The lowest BCUT2D eigenvalue weighted by Gasteiger charge is -2.10. The van der Waals surface area contributed by atoms with Gasteiger partial charge in [0.15, 0.2) is 23.7 Å². The zero-order valence-electron chi connectivity index (χ0n) is 13.3. The van der Waals surface area contributed by atoms with Crippen LogP contribution in [0.1, 0.15) is 0 Å². The molecule has 2 N–H and O–H groups in total. The third kappa shape index (κ3) is 2.83. The molecule has 7 nitrogen and oxygen atoms in total. The Balaban J connectivity index is 1.81. The van der Waals surface area contributed by atoms with E-state index in [-0.39, 0.29) is 5.75 Å². The van der Waals surface area contributed by atoms with Gasteiger partial charge in [-0.2, -0.15) is 4.98 Å². The summed E-state index contributed by atoms with van der Waals surface area (Å²) in [5.74, 6) is 1.72. The Morgan fingerprint density at radius 1 is 1.04 bits per heavy atom. The molecule has 0 aliphatic rings. The van der Waals surface area contributed by atoms with E-state index in [9.17, 15) is 5.11 Å². The molecule has 0 spiro atoms. The van der Waals surface area contributed by atoms with E-state index in [0.717, 1.165) is 22.0 Å². The summed E-state index contributed by atoms with van der Waals surface area (Å²) in [7, 11) is 1.52. The Morgan fingerprint density at radius 3 is 2.68 bits per heavy atom. The van der Waals surface area contributed by atoms with Crippen LogP contribution in [0.5, 0.6) is 11.5 Å². The van der Waals surface area contributed by atoms with Gasteiger partial charge < -0.3 is 19.6 Å². The van der Waals surface area contributed by atoms with Crippen LogP contribution in [0.4, 0.5) is 11.6 Å². The standard InChI is InChI=1S/C18H14N4O3/c1-24-16-7-12(3-5-15(16)23)11-2-4-14-13(6-11)18(20-9-19-14)22-17-8-25-10-21-17/h2-10,23H,1H3,(H,19,20,22). The number of methoxy groups -OCH3 is 1. The van der Waals surface area contributed by atoms with Crippen molar-refractivity contribution >= 4 is 22.5 Å². The zero-order valence-corrected chi connectivity index (χ0v) is 13.3. The van der Waals surface area contributed by atoms with Crippen LogP contribution in [0.3, 0.4) is 0 Å². The Labute approximate surface area is 143 Å². The van der Waals surface area contributed by atoms with Crippen LogP contribution in [0, 0.1) is 0 Å². The molecular weight excluding hydrogens is 320 g/mol. The van der Waals surface area contributed by atoms with Crippen molar-refractivity contribution < 1.29 is 14.3 Å². The summed E-state index contributed by atoms with van der Waals surface area (Å²) in [5, 5.41) is 13.7. The molecule has 0 aliphatic heterocycles. The number of nitrogens with one attached hydrogen (secondary N) is 1. The highest BCUT2D eigenvalue weighted by Gasteiger charge is 2.09. The van der Waals surface area contributed by atoms with Gasteiger partial charge in [-0.25, -0.2) is 9.97 Å². The second-order valence-corrected chi connectivity index (χ2v) is 5.34. The predicted octanol–water partition coefficient (Wildman–Crippen LogP) is 3.74. The fraction of sp³-hybridized carbons (Fsp3) is 0.0556. The van der Waals surface area contributed by atoms with Gasteiger partial charge in [0.1, 0.15) is 18.4 Å². The minimum Gasteiger partial charge on any atom is -0.504 e. The molecule has 0 saturated carbocycles. The number of hydrogen-bond donors (Lipinski definition) is 2. The first kappa shape index (κ1) is 14.9. The van der Waals surface area contributed by atoms with Gasteiger partial charge in [-0.3, -0.25) is 0 Å². The summed E-state index contributed by atoms with van der Waals surface area (Å²) in [6.07, 6.45) is 4.34. The number of phenolic OH excluding ortho intramolecular Hbond substituents is 1. The van der Waals surface area contributed by atoms with E-state index < -0.39 is 0 Å². The van der Waals surface area contributed by atoms with E-state index in [1.165, 1.54) is 26.1 Å². The van der Waals surface area contributed by atoms with Crippen LogP contribution < -0.4 is 10.1 Å². The van der Waals surface area contributed by atoms with Crippen molar-refractivity contribution in [2.75, 3.05) is 12.4 Å². The largest absolute Gasteiger partial charge is 0.504 e. The first-order valence-electron chi connectivity index (χ1n) is 7.52. The number of rotatable bonds is 4. The van der Waals surface area contributed by atoms with Gasteiger partial charge in [-0.15, -0.1) is 0 Å². The molecule has 25 heavy (non-hydrogen) atoms. The highest BCUT2D eigenvalue weighted by Crippen LogP contribution is 2.33. The van der Waals surface area contributed by atoms with Crippen LogP contribution in [-0.4, -0.2) is 27.2 Å². The quantitative estimate of drug-likeness (QED) is 0.587. The first-order chi connectivity index (χ1) is 12.2. The number of nitrogens with zero attached hydrogens (tertiary/aromatic N) is 3. The van der Waals surface area contributed by atoms with Gasteiger partial charge in [0.25, 0.3) is 0 Å². The van der Waals surface area contributed by atoms with Crippen LogP contribution >= 0.6 is 0 Å². The van der Waals surface area contributed by atoms with Gasteiger partial charge >= 0.3 is 0 Å². The van der Waals surface area contributed by atoms with E-state index in [0.29, 0.717) is 17.4 Å². The maximum absolute atomic E-state index is 9.77. The topological polar surface area (TPSA) is 93.3 Å². The fourth-order valence-electron chi connectivity index (χ4n) is 2.59. The summed E-state index contributed by atoms with van der Waals surface area (Å²) in [4.78, 5) is 12.6. The van der Waals surface area contributed by atoms with Gasteiger partial charge in [0.05, 0.1) is 12.6 Å². The molecule has 2 aromatic heterocycles. The summed E-state index contributed by atoms with van der Waals surface area (Å²) >= 11 is 0. The average molecular weight is 334 g/mol. The highest BCUT2D eigenvalue weighted by atomic mass is 16.5. The Morgan fingerprint density at radius 2 is 1.88 bits per heavy atom. The van der Waals surface area contributed by atoms with Crippen molar-refractivity contribution in [3.05, 3.63) is 55.4 Å². The van der Waals surface area contributed by atoms with Crippen molar-refractivity contribution in [2.45, 2.75) is 0 Å². The number of benzene rings is 2. The molecule has 0 unspecified atom stereocenters. The molecule has 124 valence electrons. The third-order valence-electron chi connectivity index (χ3n) is 3.83. The van der Waals surface area contributed by atoms with Crippen molar-refractivity contribution in [2.24, 2.45) is 0 Å². The van der Waals surface area contributed by atoms with Crippen LogP contribution in [0.2, 0.25) is 0 Å². The number of anilines is 2. The smallest absolute Gasteiger partial charge is 0.182 e. The van der Waals surface area contributed by atoms with Crippen molar-refractivity contribution in [1.82, 2.24) is 15.0 Å². The summed E-state index contributed by atoms with van der Waals surface area (Å²) < 4.78 is 10.2. The molecule has 7 heteroatoms. The second-order valence-electron chi connectivity index (χ2n) is 5.34. The highest BCUT2D eigenvalue weighted by molar-refractivity contribution is 5.93. The van der Waals surface area contributed by atoms with Crippen molar-refractivity contribution in [1.29, 1.82) is 0 Å². The molecule has 0 saturated heterocycles. The number of ether oxygens (including phenoxy) is 1. The average Bonchev–Trinajstić information content (AvgIpc) is 3.15. The van der Waals surface area contributed by atoms with Gasteiger partial charge in [0, 0.05) is 5.39 Å². The predicted molar refractivity (Wildman–Crippen MR) is 93.0 cm³/mol. The minimum atomic E-state index is 0.101. The monoisotopic (exact) mass is 334 g/mol. The van der Waals surface area contributed by atoms with Crippen LogP contribution in [0.15, 0.2) is 59.8 Å². The third-order valence-corrected chi connectivity index (χ3v) is 3.83. The Kier molecular flexibility index (Phi) is 3.66. The van der Waals surface area contributed by atoms with Crippen molar-refractivity contribution in [3.63, 3.8) is 0 Å². The first-order valence-corrected chi connectivity index (χ1v) is 7.52. The normalized spacial score (nSPS) is 10.8. The van der Waals surface area contributed by atoms with E-state index >= 15 is 0 Å². The number of fused-ring (bicyclic) bond motifs is 1. The van der Waals surface area contributed by atoms with Crippen LogP contribution in [0.25, 0.3) is 22.0 Å².